The Kier molecular flexibility index (Phi) is 6.47. The quantitative estimate of drug-likeness (QED) is 0.578. The number of amides is 2. The number of nitrogens with zero attached hydrogens (tertiary/aromatic N) is 2. The molecular weight excluding hydrogens is 336 g/mol. The van der Waals surface area contributed by atoms with Gasteiger partial charge in [0.15, 0.2) is 0 Å². The molecule has 142 valence electrons. The van der Waals surface area contributed by atoms with Crippen LogP contribution in [0, 0.1) is 5.92 Å². The van der Waals surface area contributed by atoms with Gasteiger partial charge in [0.1, 0.15) is 0 Å². The first-order chi connectivity index (χ1) is 13.1. The maximum atomic E-state index is 12.3. The number of imidazole rings is 1. The summed E-state index contributed by atoms with van der Waals surface area (Å²) in [4.78, 5) is 16.7. The first-order valence-electron chi connectivity index (χ1n) is 9.62. The molecule has 1 unspecified atom stereocenters. The highest BCUT2D eigenvalue weighted by Gasteiger charge is 2.15. The van der Waals surface area contributed by atoms with Crippen LogP contribution in [0.1, 0.15) is 38.3 Å². The molecule has 5 nitrogen and oxygen atoms in total. The van der Waals surface area contributed by atoms with Crippen molar-refractivity contribution in [3.63, 3.8) is 0 Å². The standard InChI is InChI=1S/C22H28N4O/c1-17(2)15-20(18-9-4-3-5-10-18)25-22(27)23-13-8-14-26-16-24-19-11-6-7-12-21(19)26/h3-7,9-12,16-17,20H,8,13-15H2,1-2H3,(H2,23,25,27). The van der Waals surface area contributed by atoms with E-state index >= 15 is 0 Å². The third-order valence-corrected chi connectivity index (χ3v) is 4.60. The lowest BCUT2D eigenvalue weighted by molar-refractivity contribution is 0.235. The van der Waals surface area contributed by atoms with Gasteiger partial charge in [-0.2, -0.15) is 0 Å². The average molecular weight is 364 g/mol. The van der Waals surface area contributed by atoms with Gasteiger partial charge in [0.05, 0.1) is 23.4 Å². The molecule has 2 aromatic carbocycles. The van der Waals surface area contributed by atoms with Gasteiger partial charge < -0.3 is 15.2 Å². The predicted octanol–water partition coefficient (Wildman–Crippen LogP) is 4.51. The SMILES string of the molecule is CC(C)CC(NC(=O)NCCCn1cnc2ccccc21)c1ccccc1. The van der Waals surface area contributed by atoms with Crippen molar-refractivity contribution in [3.8, 4) is 0 Å². The van der Waals surface area contributed by atoms with E-state index in [4.69, 9.17) is 0 Å². The van der Waals surface area contributed by atoms with E-state index < -0.39 is 0 Å². The molecule has 1 atom stereocenters. The molecule has 0 aliphatic rings. The Balaban J connectivity index is 1.48. The van der Waals surface area contributed by atoms with Gasteiger partial charge in [0.25, 0.3) is 0 Å². The molecule has 27 heavy (non-hydrogen) atoms. The van der Waals surface area contributed by atoms with Gasteiger partial charge in [-0.05, 0) is 36.5 Å². The Bertz CT molecular complexity index is 857. The summed E-state index contributed by atoms with van der Waals surface area (Å²) < 4.78 is 2.13. The molecule has 0 aliphatic heterocycles. The lowest BCUT2D eigenvalue weighted by Crippen LogP contribution is -2.39. The zero-order chi connectivity index (χ0) is 19.1. The number of carbonyl (C=O) groups is 1. The Morgan fingerprint density at radius 3 is 2.59 bits per heavy atom. The minimum absolute atomic E-state index is 0.0313. The van der Waals surface area contributed by atoms with Gasteiger partial charge in [-0.1, -0.05) is 56.3 Å². The van der Waals surface area contributed by atoms with Crippen molar-refractivity contribution in [2.75, 3.05) is 6.54 Å². The fourth-order valence-electron chi connectivity index (χ4n) is 3.28. The van der Waals surface area contributed by atoms with Gasteiger partial charge >= 0.3 is 6.03 Å². The summed E-state index contributed by atoms with van der Waals surface area (Å²) in [5.41, 5.74) is 3.27. The fourth-order valence-corrected chi connectivity index (χ4v) is 3.28. The van der Waals surface area contributed by atoms with Crippen LogP contribution < -0.4 is 10.6 Å². The van der Waals surface area contributed by atoms with E-state index in [2.05, 4.69) is 52.2 Å². The normalized spacial score (nSPS) is 12.3. The third kappa shape index (κ3) is 5.33. The number of fused-ring (bicyclic) bond motifs is 1. The van der Waals surface area contributed by atoms with Crippen LogP contribution in [0.25, 0.3) is 11.0 Å². The largest absolute Gasteiger partial charge is 0.338 e. The molecular formula is C22H28N4O. The zero-order valence-corrected chi connectivity index (χ0v) is 16.1. The fraction of sp³-hybridized carbons (Fsp3) is 0.364. The predicted molar refractivity (Wildman–Crippen MR) is 110 cm³/mol. The van der Waals surface area contributed by atoms with E-state index in [0.717, 1.165) is 36.0 Å². The lowest BCUT2D eigenvalue weighted by atomic mass is 9.97. The van der Waals surface area contributed by atoms with Crippen molar-refractivity contribution in [1.29, 1.82) is 0 Å². The summed E-state index contributed by atoms with van der Waals surface area (Å²) in [7, 11) is 0. The van der Waals surface area contributed by atoms with Crippen LogP contribution in [-0.2, 0) is 6.54 Å². The number of hydrogen-bond acceptors (Lipinski definition) is 2. The van der Waals surface area contributed by atoms with Gasteiger partial charge in [0, 0.05) is 13.1 Å². The Labute approximate surface area is 160 Å². The summed E-state index contributed by atoms with van der Waals surface area (Å²) in [5, 5.41) is 6.10. The lowest BCUT2D eigenvalue weighted by Gasteiger charge is -2.21. The second-order valence-corrected chi connectivity index (χ2v) is 7.27. The zero-order valence-electron chi connectivity index (χ0n) is 16.1. The van der Waals surface area contributed by atoms with Crippen molar-refractivity contribution in [1.82, 2.24) is 20.2 Å². The van der Waals surface area contributed by atoms with Crippen molar-refractivity contribution in [3.05, 3.63) is 66.5 Å². The van der Waals surface area contributed by atoms with E-state index in [1.54, 1.807) is 0 Å². The second-order valence-electron chi connectivity index (χ2n) is 7.27. The summed E-state index contributed by atoms with van der Waals surface area (Å²) in [6.07, 6.45) is 3.63. The van der Waals surface area contributed by atoms with Crippen LogP contribution in [0.2, 0.25) is 0 Å². The van der Waals surface area contributed by atoms with Crippen LogP contribution in [-0.4, -0.2) is 22.1 Å². The number of benzene rings is 2. The number of urea groups is 1. The molecule has 3 rings (SSSR count). The topological polar surface area (TPSA) is 59.0 Å². The summed E-state index contributed by atoms with van der Waals surface area (Å²) >= 11 is 0. The van der Waals surface area contributed by atoms with Crippen LogP contribution >= 0.6 is 0 Å². The molecule has 0 radical (unpaired) electrons. The number of nitrogens with one attached hydrogen (secondary N) is 2. The van der Waals surface area contributed by atoms with Crippen molar-refractivity contribution in [2.24, 2.45) is 5.92 Å². The van der Waals surface area contributed by atoms with Crippen molar-refractivity contribution >= 4 is 17.1 Å². The van der Waals surface area contributed by atoms with Gasteiger partial charge in [-0.15, -0.1) is 0 Å². The highest BCUT2D eigenvalue weighted by Crippen LogP contribution is 2.20. The Morgan fingerprint density at radius 1 is 1.07 bits per heavy atom. The maximum absolute atomic E-state index is 12.3. The molecule has 1 heterocycles. The molecule has 0 saturated heterocycles. The molecule has 5 heteroatoms. The number of para-hydroxylation sites is 2. The van der Waals surface area contributed by atoms with Crippen LogP contribution in [0.5, 0.6) is 0 Å². The average Bonchev–Trinajstić information content (AvgIpc) is 3.08. The van der Waals surface area contributed by atoms with Gasteiger partial charge in [-0.25, -0.2) is 9.78 Å². The minimum Gasteiger partial charge on any atom is -0.338 e. The first-order valence-corrected chi connectivity index (χ1v) is 9.62. The Hall–Kier alpha value is -2.82. The molecule has 2 amide bonds. The molecule has 0 bridgehead atoms. The molecule has 3 aromatic rings. The van der Waals surface area contributed by atoms with E-state index in [1.807, 2.05) is 42.7 Å². The van der Waals surface area contributed by atoms with Crippen molar-refractivity contribution in [2.45, 2.75) is 39.3 Å². The number of hydrogen-bond donors (Lipinski definition) is 2. The van der Waals surface area contributed by atoms with Gasteiger partial charge in [0.2, 0.25) is 0 Å². The van der Waals surface area contributed by atoms with Gasteiger partial charge in [-0.3, -0.25) is 0 Å². The Morgan fingerprint density at radius 2 is 1.81 bits per heavy atom. The smallest absolute Gasteiger partial charge is 0.315 e. The molecule has 2 N–H and O–H groups in total. The number of carbonyl (C=O) groups excluding carboxylic acids is 1. The number of aromatic nitrogens is 2. The monoisotopic (exact) mass is 364 g/mol. The maximum Gasteiger partial charge on any atom is 0.315 e. The molecule has 0 spiro atoms. The van der Waals surface area contributed by atoms with Crippen molar-refractivity contribution < 1.29 is 4.79 Å². The number of aryl methyl sites for hydroxylation is 1. The molecule has 0 fully saturated rings. The van der Waals surface area contributed by atoms with E-state index in [-0.39, 0.29) is 12.1 Å². The minimum atomic E-state index is -0.111. The number of rotatable bonds is 8. The third-order valence-electron chi connectivity index (χ3n) is 4.60. The van der Waals surface area contributed by atoms with Crippen LogP contribution in [0.15, 0.2) is 60.9 Å². The second kappa shape index (κ2) is 9.21. The van der Waals surface area contributed by atoms with Crippen LogP contribution in [0.4, 0.5) is 4.79 Å². The highest BCUT2D eigenvalue weighted by molar-refractivity contribution is 5.75. The summed E-state index contributed by atoms with van der Waals surface area (Å²) in [6.45, 7) is 5.80. The summed E-state index contributed by atoms with van der Waals surface area (Å²) in [6, 6.07) is 18.2. The van der Waals surface area contributed by atoms with E-state index in [0.29, 0.717) is 12.5 Å². The molecule has 1 aromatic heterocycles. The summed E-state index contributed by atoms with van der Waals surface area (Å²) in [5.74, 6) is 0.505. The molecule has 0 saturated carbocycles. The van der Waals surface area contributed by atoms with Crippen LogP contribution in [0.3, 0.4) is 0 Å². The van der Waals surface area contributed by atoms with E-state index in [1.165, 1.54) is 0 Å². The molecule has 0 aliphatic carbocycles. The first kappa shape index (κ1) is 19.0. The van der Waals surface area contributed by atoms with E-state index in [9.17, 15) is 4.79 Å². The highest BCUT2D eigenvalue weighted by atomic mass is 16.2.